The molecule has 106 valence electrons. The van der Waals surface area contributed by atoms with E-state index in [0.717, 1.165) is 12.1 Å². The molecule has 0 aliphatic carbocycles. The summed E-state index contributed by atoms with van der Waals surface area (Å²) in [7, 11) is 0. The Labute approximate surface area is 114 Å². The summed E-state index contributed by atoms with van der Waals surface area (Å²) in [4.78, 5) is 13.8. The van der Waals surface area contributed by atoms with E-state index >= 15 is 0 Å². The molecule has 0 saturated carbocycles. The van der Waals surface area contributed by atoms with Gasteiger partial charge >= 0.3 is 0 Å². The number of nitrogens with one attached hydrogen (secondary N) is 1. The van der Waals surface area contributed by atoms with E-state index in [4.69, 9.17) is 0 Å². The monoisotopic (exact) mass is 266 g/mol. The first kappa shape index (κ1) is 15.6. The lowest BCUT2D eigenvalue weighted by atomic mass is 10.1. The average molecular weight is 266 g/mol. The lowest BCUT2D eigenvalue weighted by Crippen LogP contribution is -2.45. The second-order valence-corrected chi connectivity index (χ2v) is 5.73. The van der Waals surface area contributed by atoms with Gasteiger partial charge in [0.25, 0.3) is 0 Å². The van der Waals surface area contributed by atoms with Gasteiger partial charge in [0.2, 0.25) is 5.91 Å². The summed E-state index contributed by atoms with van der Waals surface area (Å²) in [6, 6.07) is 6.48. The molecule has 0 aliphatic heterocycles. The van der Waals surface area contributed by atoms with Crippen molar-refractivity contribution < 1.29 is 9.18 Å². The third-order valence-corrected chi connectivity index (χ3v) is 2.62. The van der Waals surface area contributed by atoms with Crippen molar-refractivity contribution in [3.05, 3.63) is 35.6 Å². The maximum atomic E-state index is 13.1. The zero-order valence-electron chi connectivity index (χ0n) is 12.2. The molecule has 0 atom stereocenters. The fraction of sp³-hybridized carbons (Fsp3) is 0.533. The molecule has 1 aromatic carbocycles. The molecule has 0 unspecified atom stereocenters. The third-order valence-electron chi connectivity index (χ3n) is 2.62. The Morgan fingerprint density at radius 3 is 2.58 bits per heavy atom. The lowest BCUT2D eigenvalue weighted by molar-refractivity contribution is -0.123. The van der Waals surface area contributed by atoms with Crippen LogP contribution in [0.25, 0.3) is 0 Å². The first-order valence-corrected chi connectivity index (χ1v) is 6.58. The summed E-state index contributed by atoms with van der Waals surface area (Å²) >= 11 is 0. The van der Waals surface area contributed by atoms with Crippen LogP contribution in [-0.4, -0.2) is 29.4 Å². The van der Waals surface area contributed by atoms with Crippen molar-refractivity contribution in [3.63, 3.8) is 0 Å². The average Bonchev–Trinajstić information content (AvgIpc) is 2.25. The maximum absolute atomic E-state index is 13.1. The Kier molecular flexibility index (Phi) is 5.48. The van der Waals surface area contributed by atoms with E-state index in [0.29, 0.717) is 13.1 Å². The van der Waals surface area contributed by atoms with Crippen molar-refractivity contribution in [2.45, 2.75) is 39.8 Å². The highest BCUT2D eigenvalue weighted by Crippen LogP contribution is 2.07. The maximum Gasteiger partial charge on any atom is 0.234 e. The fourth-order valence-electron chi connectivity index (χ4n) is 1.83. The highest BCUT2D eigenvalue weighted by Gasteiger charge is 2.16. The SMILES string of the molecule is CCN(CC(=O)NC(C)(C)C)Cc1cccc(F)c1. The van der Waals surface area contributed by atoms with Crippen LogP contribution in [-0.2, 0) is 11.3 Å². The predicted octanol–water partition coefficient (Wildman–Crippen LogP) is 2.56. The van der Waals surface area contributed by atoms with Crippen molar-refractivity contribution in [2.75, 3.05) is 13.1 Å². The van der Waals surface area contributed by atoms with Crippen LogP contribution in [0.2, 0.25) is 0 Å². The zero-order chi connectivity index (χ0) is 14.5. The van der Waals surface area contributed by atoms with Crippen molar-refractivity contribution in [1.82, 2.24) is 10.2 Å². The molecule has 0 aliphatic rings. The Bertz CT molecular complexity index is 426. The zero-order valence-corrected chi connectivity index (χ0v) is 12.2. The second-order valence-electron chi connectivity index (χ2n) is 5.73. The largest absolute Gasteiger partial charge is 0.350 e. The molecule has 0 aromatic heterocycles. The number of rotatable bonds is 5. The number of hydrogen-bond acceptors (Lipinski definition) is 2. The van der Waals surface area contributed by atoms with Crippen LogP contribution in [0.5, 0.6) is 0 Å². The van der Waals surface area contributed by atoms with Crippen molar-refractivity contribution in [1.29, 1.82) is 0 Å². The van der Waals surface area contributed by atoms with Crippen molar-refractivity contribution in [3.8, 4) is 0 Å². The number of amides is 1. The topological polar surface area (TPSA) is 32.3 Å². The number of hydrogen-bond donors (Lipinski definition) is 1. The van der Waals surface area contributed by atoms with Gasteiger partial charge in [0.15, 0.2) is 0 Å². The number of benzene rings is 1. The van der Waals surface area contributed by atoms with Gasteiger partial charge < -0.3 is 5.32 Å². The van der Waals surface area contributed by atoms with Gasteiger partial charge in [-0.15, -0.1) is 0 Å². The Hall–Kier alpha value is -1.42. The quantitative estimate of drug-likeness (QED) is 0.888. The highest BCUT2D eigenvalue weighted by atomic mass is 19.1. The van der Waals surface area contributed by atoms with Gasteiger partial charge in [-0.2, -0.15) is 0 Å². The number of carbonyl (C=O) groups is 1. The summed E-state index contributed by atoms with van der Waals surface area (Å²) < 4.78 is 13.1. The summed E-state index contributed by atoms with van der Waals surface area (Å²) in [5.74, 6) is -0.251. The van der Waals surface area contributed by atoms with Crippen LogP contribution in [0.15, 0.2) is 24.3 Å². The van der Waals surface area contributed by atoms with Crippen LogP contribution >= 0.6 is 0 Å². The normalized spacial score (nSPS) is 11.7. The van der Waals surface area contributed by atoms with Gasteiger partial charge in [-0.1, -0.05) is 19.1 Å². The number of nitrogens with zero attached hydrogens (tertiary/aromatic N) is 1. The van der Waals surface area contributed by atoms with E-state index in [1.807, 2.05) is 38.7 Å². The lowest BCUT2D eigenvalue weighted by Gasteiger charge is -2.24. The minimum Gasteiger partial charge on any atom is -0.350 e. The van der Waals surface area contributed by atoms with Crippen LogP contribution in [0.1, 0.15) is 33.3 Å². The van der Waals surface area contributed by atoms with E-state index in [1.165, 1.54) is 12.1 Å². The standard InChI is InChI=1S/C15H23FN2O/c1-5-18(11-14(19)17-15(2,3)4)10-12-7-6-8-13(16)9-12/h6-9H,5,10-11H2,1-4H3,(H,17,19). The van der Waals surface area contributed by atoms with Gasteiger partial charge in [-0.25, -0.2) is 4.39 Å². The molecule has 1 amide bonds. The molecule has 4 heteroatoms. The van der Waals surface area contributed by atoms with E-state index in [2.05, 4.69) is 5.32 Å². The van der Waals surface area contributed by atoms with Gasteiger partial charge in [0.1, 0.15) is 5.82 Å². The molecular formula is C15H23FN2O. The predicted molar refractivity (Wildman–Crippen MR) is 75.2 cm³/mol. The highest BCUT2D eigenvalue weighted by molar-refractivity contribution is 5.78. The van der Waals surface area contributed by atoms with Crippen LogP contribution in [0.4, 0.5) is 4.39 Å². The molecule has 0 fully saturated rings. The molecule has 0 saturated heterocycles. The molecule has 3 nitrogen and oxygen atoms in total. The molecule has 1 rings (SSSR count). The van der Waals surface area contributed by atoms with Crippen LogP contribution < -0.4 is 5.32 Å². The van der Waals surface area contributed by atoms with E-state index in [-0.39, 0.29) is 17.3 Å². The van der Waals surface area contributed by atoms with Crippen molar-refractivity contribution in [2.24, 2.45) is 0 Å². The third kappa shape index (κ3) is 6.34. The van der Waals surface area contributed by atoms with E-state index in [9.17, 15) is 9.18 Å². The molecule has 1 N–H and O–H groups in total. The number of halogens is 1. The molecular weight excluding hydrogens is 243 g/mol. The first-order chi connectivity index (χ1) is 8.80. The number of likely N-dealkylation sites (N-methyl/N-ethyl adjacent to an activating group) is 1. The number of carbonyl (C=O) groups excluding carboxylic acids is 1. The Morgan fingerprint density at radius 1 is 1.37 bits per heavy atom. The van der Waals surface area contributed by atoms with E-state index < -0.39 is 0 Å². The molecule has 0 radical (unpaired) electrons. The van der Waals surface area contributed by atoms with Crippen LogP contribution in [0.3, 0.4) is 0 Å². The molecule has 1 aromatic rings. The summed E-state index contributed by atoms with van der Waals surface area (Å²) in [6.07, 6.45) is 0. The first-order valence-electron chi connectivity index (χ1n) is 6.58. The smallest absolute Gasteiger partial charge is 0.234 e. The van der Waals surface area contributed by atoms with Gasteiger partial charge in [-0.05, 0) is 45.0 Å². The van der Waals surface area contributed by atoms with Gasteiger partial charge in [-0.3, -0.25) is 9.69 Å². The molecule has 0 bridgehead atoms. The minimum atomic E-state index is -0.243. The summed E-state index contributed by atoms with van der Waals surface area (Å²) in [5, 5.41) is 2.93. The minimum absolute atomic E-state index is 0.00856. The van der Waals surface area contributed by atoms with Gasteiger partial charge in [0.05, 0.1) is 6.54 Å². The van der Waals surface area contributed by atoms with Crippen molar-refractivity contribution >= 4 is 5.91 Å². The molecule has 0 heterocycles. The summed E-state index contributed by atoms with van der Waals surface area (Å²) in [6.45, 7) is 9.49. The fourth-order valence-corrected chi connectivity index (χ4v) is 1.83. The second kappa shape index (κ2) is 6.66. The van der Waals surface area contributed by atoms with Crippen LogP contribution in [0, 0.1) is 5.82 Å². The Morgan fingerprint density at radius 2 is 2.05 bits per heavy atom. The van der Waals surface area contributed by atoms with Gasteiger partial charge in [0, 0.05) is 12.1 Å². The van der Waals surface area contributed by atoms with E-state index in [1.54, 1.807) is 6.07 Å². The molecule has 0 spiro atoms. The summed E-state index contributed by atoms with van der Waals surface area (Å²) in [5.41, 5.74) is 0.653. The Balaban J connectivity index is 2.57. The molecule has 19 heavy (non-hydrogen) atoms.